The van der Waals surface area contributed by atoms with E-state index < -0.39 is 0 Å². The number of aromatic nitrogens is 4. The van der Waals surface area contributed by atoms with Crippen LogP contribution in [-0.4, -0.2) is 26.9 Å². The summed E-state index contributed by atoms with van der Waals surface area (Å²) >= 11 is 0. The Morgan fingerprint density at radius 1 is 1.06 bits per heavy atom. The van der Waals surface area contributed by atoms with E-state index >= 15 is 0 Å². The topological polar surface area (TPSA) is 75.6 Å². The fourth-order valence-corrected chi connectivity index (χ4v) is 1.28. The number of aryl methyl sites for hydroxylation is 1. The molecule has 6 heteroatoms. The molecule has 0 fully saturated rings. The first-order valence-corrected chi connectivity index (χ1v) is 5.54. The van der Waals surface area contributed by atoms with Crippen molar-refractivity contribution in [1.29, 1.82) is 0 Å². The molecule has 0 unspecified atom stereocenters. The zero-order valence-corrected chi connectivity index (χ0v) is 10.1. The molecule has 0 saturated carbocycles. The van der Waals surface area contributed by atoms with Gasteiger partial charge in [-0.05, 0) is 19.1 Å². The van der Waals surface area contributed by atoms with Crippen LogP contribution in [0.25, 0.3) is 0 Å². The summed E-state index contributed by atoms with van der Waals surface area (Å²) in [5.74, 6) is 0.743. The lowest BCUT2D eigenvalue weighted by Crippen LogP contribution is -2.08. The van der Waals surface area contributed by atoms with Gasteiger partial charge in [-0.15, -0.1) is 27.0 Å². The minimum atomic E-state index is 0.364. The number of rotatable bonds is 5. The van der Waals surface area contributed by atoms with E-state index in [1.807, 2.05) is 31.2 Å². The van der Waals surface area contributed by atoms with Gasteiger partial charge < -0.3 is 10.6 Å². The summed E-state index contributed by atoms with van der Waals surface area (Å²) < 4.78 is 0. The van der Waals surface area contributed by atoms with E-state index in [4.69, 9.17) is 0 Å². The Bertz CT molecular complexity index is 505. The van der Waals surface area contributed by atoms with Crippen LogP contribution in [0.5, 0.6) is 0 Å². The largest absolute Gasteiger partial charge is 0.348 e. The van der Waals surface area contributed by atoms with Gasteiger partial charge >= 0.3 is 0 Å². The van der Waals surface area contributed by atoms with E-state index in [-0.39, 0.29) is 0 Å². The highest BCUT2D eigenvalue weighted by atomic mass is 15.4. The third-order valence-corrected chi connectivity index (χ3v) is 2.19. The average Bonchev–Trinajstić information content (AvgIpc) is 2.41. The van der Waals surface area contributed by atoms with E-state index in [2.05, 4.69) is 37.6 Å². The van der Waals surface area contributed by atoms with Crippen LogP contribution in [0, 0.1) is 6.92 Å². The van der Waals surface area contributed by atoms with Crippen LogP contribution in [0.1, 0.15) is 5.56 Å². The lowest BCUT2D eigenvalue weighted by molar-refractivity contribution is 0.868. The normalized spacial score (nSPS) is 9.83. The Morgan fingerprint density at radius 3 is 2.28 bits per heavy atom. The van der Waals surface area contributed by atoms with Crippen molar-refractivity contribution in [2.75, 3.05) is 17.2 Å². The van der Waals surface area contributed by atoms with E-state index in [9.17, 15) is 0 Å². The lowest BCUT2D eigenvalue weighted by Gasteiger charge is -2.04. The van der Waals surface area contributed by atoms with E-state index in [0.29, 0.717) is 18.4 Å². The molecule has 0 saturated heterocycles. The van der Waals surface area contributed by atoms with Gasteiger partial charge in [-0.2, -0.15) is 0 Å². The van der Waals surface area contributed by atoms with Gasteiger partial charge in [0, 0.05) is 12.2 Å². The zero-order chi connectivity index (χ0) is 12.8. The molecule has 0 aliphatic heterocycles. The fourth-order valence-electron chi connectivity index (χ4n) is 1.28. The van der Waals surface area contributed by atoms with Gasteiger partial charge in [0.25, 0.3) is 11.9 Å². The smallest absolute Gasteiger partial charge is 0.266 e. The van der Waals surface area contributed by atoms with Crippen LogP contribution < -0.4 is 10.6 Å². The summed E-state index contributed by atoms with van der Waals surface area (Å²) in [4.78, 5) is 0. The van der Waals surface area contributed by atoms with Gasteiger partial charge in [0.05, 0.1) is 0 Å². The molecule has 2 N–H and O–H groups in total. The summed E-state index contributed by atoms with van der Waals surface area (Å²) in [6.07, 6.45) is 1.71. The predicted molar refractivity (Wildman–Crippen MR) is 70.8 cm³/mol. The molecule has 0 aliphatic rings. The molecule has 92 valence electrons. The standard InChI is InChI=1S/C12H14N6/c1-3-8-13-11-15-17-12(18-16-11)14-10-6-4-9(2)5-7-10/h3-7H,1,8H2,2H3,(H,13,15,16)(H,14,17,18). The Balaban J connectivity index is 2.01. The van der Waals surface area contributed by atoms with Crippen LogP contribution in [0.2, 0.25) is 0 Å². The molecule has 0 aliphatic carbocycles. The van der Waals surface area contributed by atoms with Crippen molar-refractivity contribution < 1.29 is 0 Å². The number of hydrogen-bond donors (Lipinski definition) is 2. The first kappa shape index (κ1) is 12.0. The maximum Gasteiger partial charge on any atom is 0.266 e. The number of hydrogen-bond acceptors (Lipinski definition) is 6. The molecule has 18 heavy (non-hydrogen) atoms. The van der Waals surface area contributed by atoms with Crippen molar-refractivity contribution >= 4 is 17.6 Å². The molecule has 1 heterocycles. The van der Waals surface area contributed by atoms with Crippen molar-refractivity contribution in [2.45, 2.75) is 6.92 Å². The highest BCUT2D eigenvalue weighted by Gasteiger charge is 2.00. The second-order valence-electron chi connectivity index (χ2n) is 3.71. The van der Waals surface area contributed by atoms with Gasteiger partial charge in [-0.3, -0.25) is 0 Å². The molecule has 0 spiro atoms. The molecule has 6 nitrogen and oxygen atoms in total. The van der Waals surface area contributed by atoms with Crippen molar-refractivity contribution in [3.63, 3.8) is 0 Å². The number of nitrogens with one attached hydrogen (secondary N) is 2. The molecule has 0 amide bonds. The summed E-state index contributed by atoms with van der Waals surface area (Å²) in [6, 6.07) is 7.90. The average molecular weight is 242 g/mol. The molecule has 2 rings (SSSR count). The molecule has 0 radical (unpaired) electrons. The Morgan fingerprint density at radius 2 is 1.67 bits per heavy atom. The van der Waals surface area contributed by atoms with Gasteiger partial charge in [-0.1, -0.05) is 23.8 Å². The minimum absolute atomic E-state index is 0.364. The third kappa shape index (κ3) is 3.24. The van der Waals surface area contributed by atoms with E-state index in [1.54, 1.807) is 6.08 Å². The summed E-state index contributed by atoms with van der Waals surface area (Å²) in [5.41, 5.74) is 2.10. The van der Waals surface area contributed by atoms with E-state index in [1.165, 1.54) is 5.56 Å². The second kappa shape index (κ2) is 5.72. The van der Waals surface area contributed by atoms with Crippen molar-refractivity contribution in [3.05, 3.63) is 42.5 Å². The summed E-state index contributed by atoms with van der Waals surface area (Å²) in [7, 11) is 0. The van der Waals surface area contributed by atoms with Crippen molar-refractivity contribution in [3.8, 4) is 0 Å². The molecule has 0 bridgehead atoms. The van der Waals surface area contributed by atoms with Gasteiger partial charge in [0.1, 0.15) is 0 Å². The number of benzene rings is 1. The maximum absolute atomic E-state index is 3.92. The third-order valence-electron chi connectivity index (χ3n) is 2.19. The van der Waals surface area contributed by atoms with Gasteiger partial charge in [-0.25, -0.2) is 0 Å². The molecular formula is C12H14N6. The van der Waals surface area contributed by atoms with Crippen LogP contribution in [-0.2, 0) is 0 Å². The lowest BCUT2D eigenvalue weighted by atomic mass is 10.2. The predicted octanol–water partition coefficient (Wildman–Crippen LogP) is 1.92. The number of anilines is 3. The molecular weight excluding hydrogens is 228 g/mol. The van der Waals surface area contributed by atoms with Crippen LogP contribution >= 0.6 is 0 Å². The highest BCUT2D eigenvalue weighted by Crippen LogP contribution is 2.12. The van der Waals surface area contributed by atoms with Gasteiger partial charge in [0.2, 0.25) is 0 Å². The molecule has 1 aromatic carbocycles. The van der Waals surface area contributed by atoms with Crippen LogP contribution in [0.15, 0.2) is 36.9 Å². The van der Waals surface area contributed by atoms with E-state index in [0.717, 1.165) is 5.69 Å². The summed E-state index contributed by atoms with van der Waals surface area (Å²) in [6.45, 7) is 6.19. The SMILES string of the molecule is C=CCNc1nnc(Nc2ccc(C)cc2)nn1. The monoisotopic (exact) mass is 242 g/mol. The molecule has 0 atom stereocenters. The Kier molecular flexibility index (Phi) is 3.80. The van der Waals surface area contributed by atoms with Crippen molar-refractivity contribution in [2.24, 2.45) is 0 Å². The first-order valence-electron chi connectivity index (χ1n) is 5.54. The summed E-state index contributed by atoms with van der Waals surface area (Å²) in [5, 5.41) is 21.5. The first-order chi connectivity index (χ1) is 8.78. The fraction of sp³-hybridized carbons (Fsp3) is 0.167. The maximum atomic E-state index is 3.92. The quantitative estimate of drug-likeness (QED) is 0.780. The highest BCUT2D eigenvalue weighted by molar-refractivity contribution is 5.52. The van der Waals surface area contributed by atoms with Crippen LogP contribution in [0.4, 0.5) is 17.6 Å². The second-order valence-corrected chi connectivity index (χ2v) is 3.71. The van der Waals surface area contributed by atoms with Crippen LogP contribution in [0.3, 0.4) is 0 Å². The number of nitrogens with zero attached hydrogens (tertiary/aromatic N) is 4. The molecule has 1 aromatic heterocycles. The molecule has 2 aromatic rings. The Hall–Kier alpha value is -2.50. The minimum Gasteiger partial charge on any atom is -0.348 e. The van der Waals surface area contributed by atoms with Gasteiger partial charge in [0.15, 0.2) is 0 Å². The zero-order valence-electron chi connectivity index (χ0n) is 10.1. The Labute approximate surface area is 105 Å². The van der Waals surface area contributed by atoms with Crippen molar-refractivity contribution in [1.82, 2.24) is 20.4 Å².